The molecule has 3 N–H and O–H groups in total. The Bertz CT molecular complexity index is 969. The summed E-state index contributed by atoms with van der Waals surface area (Å²) in [7, 11) is 1.17. The van der Waals surface area contributed by atoms with Gasteiger partial charge in [-0.3, -0.25) is 4.79 Å². The molecule has 0 bridgehead atoms. The van der Waals surface area contributed by atoms with E-state index in [1.165, 1.54) is 64.2 Å². The summed E-state index contributed by atoms with van der Waals surface area (Å²) in [5.74, 6) is -2.77. The largest absolute Gasteiger partial charge is 0.504 e. The minimum absolute atomic E-state index is 0.0137. The molecule has 0 spiro atoms. The van der Waals surface area contributed by atoms with Gasteiger partial charge in [0.2, 0.25) is 11.2 Å². The highest BCUT2D eigenvalue weighted by Crippen LogP contribution is 2.44. The van der Waals surface area contributed by atoms with Gasteiger partial charge in [-0.1, -0.05) is 64.7 Å². The molecule has 7 nitrogen and oxygen atoms in total. The second-order valence-corrected chi connectivity index (χ2v) is 8.02. The molecule has 0 aromatic heterocycles. The number of esters is 1. The second kappa shape index (κ2) is 12.8. The van der Waals surface area contributed by atoms with Crippen LogP contribution in [0.15, 0.2) is 23.0 Å². The maximum atomic E-state index is 12.1. The number of hydrogen-bond donors (Lipinski definition) is 3. The van der Waals surface area contributed by atoms with Gasteiger partial charge in [-0.15, -0.1) is 0 Å². The average molecular weight is 447 g/mol. The highest BCUT2D eigenvalue weighted by molar-refractivity contribution is 6.00. The molecule has 0 radical (unpaired) electrons. The first-order valence-electron chi connectivity index (χ1n) is 11.4. The first kappa shape index (κ1) is 25.3. The topological polar surface area (TPSA) is 113 Å². The summed E-state index contributed by atoms with van der Waals surface area (Å²) >= 11 is 0. The van der Waals surface area contributed by atoms with Crippen LogP contribution in [-0.2, 0) is 4.74 Å². The molecule has 0 saturated carbocycles. The molecule has 2 aromatic carbocycles. The number of benzene rings is 1. The van der Waals surface area contributed by atoms with E-state index in [9.17, 15) is 24.9 Å². The monoisotopic (exact) mass is 446 g/mol. The van der Waals surface area contributed by atoms with E-state index in [1.807, 2.05) is 0 Å². The summed E-state index contributed by atoms with van der Waals surface area (Å²) in [6.07, 6.45) is 11.8. The van der Waals surface area contributed by atoms with Crippen LogP contribution in [0.4, 0.5) is 0 Å². The number of phenolic OH excluding ortho intramolecular Hbond substituents is 2. The van der Waals surface area contributed by atoms with Gasteiger partial charge in [-0.05, 0) is 23.9 Å². The van der Waals surface area contributed by atoms with Crippen LogP contribution in [-0.4, -0.2) is 35.0 Å². The molecule has 2 aromatic rings. The molecular weight excluding hydrogens is 412 g/mol. The van der Waals surface area contributed by atoms with Crippen LogP contribution in [0.2, 0.25) is 0 Å². The summed E-state index contributed by atoms with van der Waals surface area (Å²) in [4.78, 5) is 24.0. The zero-order valence-corrected chi connectivity index (χ0v) is 19.0. The zero-order chi connectivity index (χ0) is 23.5. The minimum atomic E-state index is -0.880. The number of phenols is 2. The molecule has 2 rings (SSSR count). The number of ether oxygens (including phenoxy) is 2. The van der Waals surface area contributed by atoms with Gasteiger partial charge in [-0.2, -0.15) is 0 Å². The maximum Gasteiger partial charge on any atom is 0.338 e. The lowest BCUT2D eigenvalue weighted by Crippen LogP contribution is -2.03. The lowest BCUT2D eigenvalue weighted by atomic mass is 10.1. The molecule has 0 heterocycles. The third-order valence-electron chi connectivity index (χ3n) is 5.51. The van der Waals surface area contributed by atoms with Crippen molar-refractivity contribution in [1.29, 1.82) is 0 Å². The Morgan fingerprint density at radius 1 is 0.812 bits per heavy atom. The Labute approximate surface area is 188 Å². The van der Waals surface area contributed by atoms with Crippen LogP contribution in [0.3, 0.4) is 0 Å². The van der Waals surface area contributed by atoms with Crippen LogP contribution in [0.5, 0.6) is 23.0 Å². The quantitative estimate of drug-likeness (QED) is 0.214. The molecule has 0 aliphatic heterocycles. The molecule has 0 amide bonds. The van der Waals surface area contributed by atoms with E-state index >= 15 is 0 Å². The standard InChI is InChI=1S/C25H34O7/c1-3-4-5-6-7-8-9-10-11-12-13-32-20-16-17-14-18(25(30)31-2)15-19(26)22(27)21(17)24(29)23(20)28/h14-16,28-29H,3-13H2,1-2H3,(H,26,27). The van der Waals surface area contributed by atoms with Crippen molar-refractivity contribution in [1.82, 2.24) is 0 Å². The SMILES string of the molecule is CCCCCCCCCCCCOc1cc2cc(C(=O)OC)cc(=O)c(O)c2c(O)c1O. The smallest absolute Gasteiger partial charge is 0.338 e. The van der Waals surface area contributed by atoms with Crippen LogP contribution < -0.4 is 10.2 Å². The number of methoxy groups -OCH3 is 1. The van der Waals surface area contributed by atoms with Crippen LogP contribution in [0.1, 0.15) is 81.5 Å². The molecule has 7 heteroatoms. The minimum Gasteiger partial charge on any atom is -0.504 e. The Morgan fingerprint density at radius 3 is 2.00 bits per heavy atom. The van der Waals surface area contributed by atoms with Crippen molar-refractivity contribution >= 4 is 16.7 Å². The van der Waals surface area contributed by atoms with E-state index in [0.29, 0.717) is 6.61 Å². The van der Waals surface area contributed by atoms with Gasteiger partial charge in [0.15, 0.2) is 17.2 Å². The van der Waals surface area contributed by atoms with Gasteiger partial charge in [0.1, 0.15) is 0 Å². The van der Waals surface area contributed by atoms with Gasteiger partial charge in [0, 0.05) is 6.07 Å². The van der Waals surface area contributed by atoms with Gasteiger partial charge < -0.3 is 24.8 Å². The van der Waals surface area contributed by atoms with Crippen molar-refractivity contribution in [2.45, 2.75) is 71.1 Å². The Hall–Kier alpha value is -2.96. The molecule has 0 unspecified atom stereocenters. The van der Waals surface area contributed by atoms with E-state index < -0.39 is 28.6 Å². The Morgan fingerprint density at radius 2 is 1.41 bits per heavy atom. The normalized spacial score (nSPS) is 10.9. The zero-order valence-electron chi connectivity index (χ0n) is 19.0. The molecule has 0 saturated heterocycles. The summed E-state index contributed by atoms with van der Waals surface area (Å²) < 4.78 is 10.3. The third-order valence-corrected chi connectivity index (χ3v) is 5.51. The molecular formula is C25H34O7. The Balaban J connectivity index is 2.01. The van der Waals surface area contributed by atoms with Crippen LogP contribution in [0.25, 0.3) is 10.8 Å². The van der Waals surface area contributed by atoms with Crippen LogP contribution >= 0.6 is 0 Å². The second-order valence-electron chi connectivity index (χ2n) is 8.02. The first-order valence-corrected chi connectivity index (χ1v) is 11.4. The van der Waals surface area contributed by atoms with E-state index in [2.05, 4.69) is 11.7 Å². The lowest BCUT2D eigenvalue weighted by Gasteiger charge is -2.11. The predicted molar refractivity (Wildman–Crippen MR) is 124 cm³/mol. The molecule has 176 valence electrons. The van der Waals surface area contributed by atoms with E-state index in [-0.39, 0.29) is 22.1 Å². The van der Waals surface area contributed by atoms with Crippen molar-refractivity contribution in [2.24, 2.45) is 0 Å². The summed E-state index contributed by atoms with van der Waals surface area (Å²) in [6.45, 7) is 2.56. The predicted octanol–water partition coefficient (Wildman–Crippen LogP) is 5.40. The summed E-state index contributed by atoms with van der Waals surface area (Å²) in [5, 5.41) is 30.8. The van der Waals surface area contributed by atoms with Crippen molar-refractivity contribution in [3.8, 4) is 23.0 Å². The number of rotatable bonds is 13. The lowest BCUT2D eigenvalue weighted by molar-refractivity contribution is 0.0601. The average Bonchev–Trinajstić information content (AvgIpc) is 2.90. The molecule has 0 aliphatic carbocycles. The van der Waals surface area contributed by atoms with Gasteiger partial charge >= 0.3 is 5.97 Å². The fourth-order valence-electron chi connectivity index (χ4n) is 3.68. The number of aromatic hydroxyl groups is 3. The third kappa shape index (κ3) is 6.77. The Kier molecular flexibility index (Phi) is 10.1. The van der Waals surface area contributed by atoms with Gasteiger partial charge in [0.05, 0.1) is 24.7 Å². The van der Waals surface area contributed by atoms with Crippen molar-refractivity contribution < 1.29 is 29.6 Å². The summed E-state index contributed by atoms with van der Waals surface area (Å²) in [5.41, 5.74) is -0.970. The number of carbonyl (C=O) groups excluding carboxylic acids is 1. The molecule has 0 atom stereocenters. The first-order chi connectivity index (χ1) is 15.4. The van der Waals surface area contributed by atoms with Crippen molar-refractivity contribution in [3.63, 3.8) is 0 Å². The fourth-order valence-corrected chi connectivity index (χ4v) is 3.68. The maximum absolute atomic E-state index is 12.1. The van der Waals surface area contributed by atoms with Gasteiger partial charge in [-0.25, -0.2) is 4.79 Å². The molecule has 0 aliphatic rings. The number of hydrogen-bond acceptors (Lipinski definition) is 7. The number of fused-ring (bicyclic) bond motifs is 1. The van der Waals surface area contributed by atoms with E-state index in [4.69, 9.17) is 4.74 Å². The van der Waals surface area contributed by atoms with E-state index in [1.54, 1.807) is 0 Å². The fraction of sp³-hybridized carbons (Fsp3) is 0.520. The summed E-state index contributed by atoms with van der Waals surface area (Å²) in [6, 6.07) is 3.60. The van der Waals surface area contributed by atoms with Gasteiger partial charge in [0.25, 0.3) is 0 Å². The van der Waals surface area contributed by atoms with Crippen LogP contribution in [0, 0.1) is 0 Å². The highest BCUT2D eigenvalue weighted by atomic mass is 16.5. The number of carbonyl (C=O) groups is 1. The number of unbranched alkanes of at least 4 members (excludes halogenated alkanes) is 9. The van der Waals surface area contributed by atoms with Crippen molar-refractivity contribution in [2.75, 3.05) is 13.7 Å². The highest BCUT2D eigenvalue weighted by Gasteiger charge is 2.19. The molecule has 32 heavy (non-hydrogen) atoms. The van der Waals surface area contributed by atoms with Crippen molar-refractivity contribution in [3.05, 3.63) is 34.0 Å². The molecule has 0 fully saturated rings. The van der Waals surface area contributed by atoms with E-state index in [0.717, 1.165) is 25.3 Å².